The second-order valence-corrected chi connectivity index (χ2v) is 8.63. The number of imidazole rings is 1. The lowest BCUT2D eigenvalue weighted by atomic mass is 10.1. The van der Waals surface area contributed by atoms with Crippen molar-refractivity contribution in [1.29, 1.82) is 0 Å². The Morgan fingerprint density at radius 1 is 1.06 bits per heavy atom. The van der Waals surface area contributed by atoms with E-state index < -0.39 is 0 Å². The van der Waals surface area contributed by atoms with Crippen LogP contribution >= 0.6 is 0 Å². The predicted octanol–water partition coefficient (Wildman–Crippen LogP) is 3.87. The van der Waals surface area contributed by atoms with Crippen LogP contribution in [0.4, 0.5) is 11.4 Å². The molecule has 1 aliphatic rings. The molecule has 0 bridgehead atoms. The van der Waals surface area contributed by atoms with Crippen LogP contribution in [-0.4, -0.2) is 51.2 Å². The zero-order chi connectivity index (χ0) is 23.8. The van der Waals surface area contributed by atoms with Gasteiger partial charge in [0.25, 0.3) is 5.56 Å². The van der Waals surface area contributed by atoms with Gasteiger partial charge in [-0.25, -0.2) is 4.98 Å². The molecule has 9 heteroatoms. The van der Waals surface area contributed by atoms with Crippen molar-refractivity contribution >= 4 is 33.3 Å². The SMILES string of the molecule is C[C@H](Nc1c(-c2nc3ccc(N4CCOCC4)cc3[nH]2)c(=O)[nH]c2ccccc12)c1cnccn1. The van der Waals surface area contributed by atoms with E-state index in [0.717, 1.165) is 59.6 Å². The fourth-order valence-corrected chi connectivity index (χ4v) is 4.58. The first-order chi connectivity index (χ1) is 17.2. The summed E-state index contributed by atoms with van der Waals surface area (Å²) in [6, 6.07) is 13.7. The molecule has 2 aromatic carbocycles. The van der Waals surface area contributed by atoms with Crippen LogP contribution in [0.3, 0.4) is 0 Å². The largest absolute Gasteiger partial charge is 0.378 e. The van der Waals surface area contributed by atoms with Crippen LogP contribution in [0, 0.1) is 0 Å². The number of morpholine rings is 1. The number of fused-ring (bicyclic) bond motifs is 2. The van der Waals surface area contributed by atoms with Gasteiger partial charge in [-0.3, -0.25) is 14.8 Å². The van der Waals surface area contributed by atoms with Gasteiger partial charge in [-0.1, -0.05) is 18.2 Å². The molecule has 0 spiro atoms. The van der Waals surface area contributed by atoms with Crippen molar-refractivity contribution in [2.45, 2.75) is 13.0 Å². The highest BCUT2D eigenvalue weighted by Gasteiger charge is 2.21. The molecule has 1 fully saturated rings. The molecule has 1 atom stereocenters. The van der Waals surface area contributed by atoms with Crippen molar-refractivity contribution in [3.8, 4) is 11.4 Å². The number of hydrogen-bond donors (Lipinski definition) is 3. The van der Waals surface area contributed by atoms with Crippen molar-refractivity contribution < 1.29 is 4.74 Å². The number of para-hydroxylation sites is 1. The summed E-state index contributed by atoms with van der Waals surface area (Å²) in [6.45, 7) is 5.14. The number of hydrogen-bond acceptors (Lipinski definition) is 7. The van der Waals surface area contributed by atoms with Crippen LogP contribution in [0.2, 0.25) is 0 Å². The van der Waals surface area contributed by atoms with Crippen LogP contribution in [0.15, 0.2) is 65.8 Å². The van der Waals surface area contributed by atoms with Gasteiger partial charge in [-0.05, 0) is 31.2 Å². The third kappa shape index (κ3) is 4.00. The van der Waals surface area contributed by atoms with Crippen LogP contribution in [0.5, 0.6) is 0 Å². The number of aromatic nitrogens is 5. The molecule has 1 saturated heterocycles. The van der Waals surface area contributed by atoms with Gasteiger partial charge in [0.05, 0.1) is 53.4 Å². The monoisotopic (exact) mass is 467 g/mol. The number of ether oxygens (including phenoxy) is 1. The zero-order valence-corrected chi connectivity index (χ0v) is 19.3. The molecule has 0 amide bonds. The third-order valence-electron chi connectivity index (χ3n) is 6.39. The summed E-state index contributed by atoms with van der Waals surface area (Å²) in [4.78, 5) is 35.5. The lowest BCUT2D eigenvalue weighted by Crippen LogP contribution is -2.36. The minimum Gasteiger partial charge on any atom is -0.378 e. The number of anilines is 2. The van der Waals surface area contributed by atoms with Crippen molar-refractivity contribution in [3.05, 3.63) is 77.1 Å². The van der Waals surface area contributed by atoms with E-state index in [1.807, 2.05) is 37.3 Å². The summed E-state index contributed by atoms with van der Waals surface area (Å²) < 4.78 is 5.48. The van der Waals surface area contributed by atoms with Crippen LogP contribution < -0.4 is 15.8 Å². The number of rotatable bonds is 5. The minimum absolute atomic E-state index is 0.176. The van der Waals surface area contributed by atoms with Gasteiger partial charge in [0.2, 0.25) is 0 Å². The number of pyridine rings is 1. The molecule has 4 heterocycles. The molecule has 35 heavy (non-hydrogen) atoms. The second-order valence-electron chi connectivity index (χ2n) is 8.63. The standard InChI is InChI=1S/C26H25N7O2/c1-16(22-15-27-8-9-28-22)29-24-18-4-2-3-5-19(18)32-26(34)23(24)25-30-20-7-6-17(14-21(20)31-25)33-10-12-35-13-11-33/h2-9,14-16H,10-13H2,1H3,(H,30,31)(H2,29,32,34)/t16-/m0/s1. The maximum atomic E-state index is 13.4. The van der Waals surface area contributed by atoms with Gasteiger partial charge in [-0.15, -0.1) is 0 Å². The first-order valence-electron chi connectivity index (χ1n) is 11.7. The van der Waals surface area contributed by atoms with E-state index in [4.69, 9.17) is 9.72 Å². The highest BCUT2D eigenvalue weighted by molar-refractivity contribution is 5.99. The van der Waals surface area contributed by atoms with Crippen LogP contribution in [0.1, 0.15) is 18.7 Å². The van der Waals surface area contributed by atoms with E-state index in [2.05, 4.69) is 42.3 Å². The summed E-state index contributed by atoms with van der Waals surface area (Å²) >= 11 is 0. The smallest absolute Gasteiger partial charge is 0.261 e. The number of H-pyrrole nitrogens is 2. The minimum atomic E-state index is -0.218. The van der Waals surface area contributed by atoms with Gasteiger partial charge >= 0.3 is 0 Å². The van der Waals surface area contributed by atoms with Crippen molar-refractivity contribution in [3.63, 3.8) is 0 Å². The van der Waals surface area contributed by atoms with Gasteiger partial charge in [0.15, 0.2) is 0 Å². The van der Waals surface area contributed by atoms with E-state index in [1.54, 1.807) is 18.6 Å². The van der Waals surface area contributed by atoms with E-state index in [0.29, 0.717) is 17.1 Å². The third-order valence-corrected chi connectivity index (χ3v) is 6.39. The summed E-state index contributed by atoms with van der Waals surface area (Å²) in [5, 5.41) is 4.41. The van der Waals surface area contributed by atoms with Crippen LogP contribution in [-0.2, 0) is 4.74 Å². The molecule has 0 unspecified atom stereocenters. The molecule has 3 N–H and O–H groups in total. The maximum Gasteiger partial charge on any atom is 0.261 e. The quantitative estimate of drug-likeness (QED) is 0.360. The van der Waals surface area contributed by atoms with Gasteiger partial charge < -0.3 is 24.9 Å². The average molecular weight is 468 g/mol. The van der Waals surface area contributed by atoms with E-state index >= 15 is 0 Å². The normalized spacial score (nSPS) is 14.9. The topological polar surface area (TPSA) is 112 Å². The van der Waals surface area contributed by atoms with E-state index in [1.165, 1.54) is 0 Å². The molecule has 9 nitrogen and oxygen atoms in total. The Kier molecular flexibility index (Phi) is 5.38. The highest BCUT2D eigenvalue weighted by atomic mass is 16.5. The Bertz CT molecular complexity index is 1560. The van der Waals surface area contributed by atoms with Gasteiger partial charge in [0.1, 0.15) is 11.4 Å². The fraction of sp³-hybridized carbons (Fsp3) is 0.231. The molecule has 3 aromatic heterocycles. The van der Waals surface area contributed by atoms with Crippen LogP contribution in [0.25, 0.3) is 33.3 Å². The molecule has 176 valence electrons. The van der Waals surface area contributed by atoms with Gasteiger partial charge in [0, 0.05) is 36.6 Å². The lowest BCUT2D eigenvalue weighted by molar-refractivity contribution is 0.122. The van der Waals surface area contributed by atoms with Gasteiger partial charge in [-0.2, -0.15) is 0 Å². The maximum absolute atomic E-state index is 13.4. The molecule has 6 rings (SSSR count). The van der Waals surface area contributed by atoms with E-state index in [9.17, 15) is 4.79 Å². The second kappa shape index (κ2) is 8.84. The summed E-state index contributed by atoms with van der Waals surface area (Å²) in [5.74, 6) is 0.514. The number of nitrogens with one attached hydrogen (secondary N) is 3. The fourth-order valence-electron chi connectivity index (χ4n) is 4.58. The molecule has 0 saturated carbocycles. The van der Waals surface area contributed by atoms with Crippen molar-refractivity contribution in [2.75, 3.05) is 36.5 Å². The highest BCUT2D eigenvalue weighted by Crippen LogP contribution is 2.33. The first kappa shape index (κ1) is 21.3. The zero-order valence-electron chi connectivity index (χ0n) is 19.3. The first-order valence-corrected chi connectivity index (χ1v) is 11.7. The Labute approximate surface area is 201 Å². The molecular formula is C26H25N7O2. The molecule has 5 aromatic rings. The predicted molar refractivity (Wildman–Crippen MR) is 137 cm³/mol. The summed E-state index contributed by atoms with van der Waals surface area (Å²) in [6.07, 6.45) is 5.03. The van der Waals surface area contributed by atoms with Crippen molar-refractivity contribution in [1.82, 2.24) is 24.9 Å². The summed E-state index contributed by atoms with van der Waals surface area (Å²) in [7, 11) is 0. The number of benzene rings is 2. The van der Waals surface area contributed by atoms with Crippen molar-refractivity contribution in [2.24, 2.45) is 0 Å². The lowest BCUT2D eigenvalue weighted by Gasteiger charge is -2.28. The molecule has 0 radical (unpaired) electrons. The average Bonchev–Trinajstić information content (AvgIpc) is 3.32. The van der Waals surface area contributed by atoms with E-state index in [-0.39, 0.29) is 11.6 Å². The Morgan fingerprint density at radius 2 is 1.91 bits per heavy atom. The number of aromatic amines is 2. The Balaban J connectivity index is 1.47. The molecule has 0 aliphatic carbocycles. The molecular weight excluding hydrogens is 442 g/mol. The Morgan fingerprint density at radius 3 is 2.74 bits per heavy atom. The molecule has 1 aliphatic heterocycles. The Hall–Kier alpha value is -4.24. The number of nitrogens with zero attached hydrogens (tertiary/aromatic N) is 4. The summed E-state index contributed by atoms with van der Waals surface area (Å²) in [5.41, 5.74) is 5.27.